The van der Waals surface area contributed by atoms with Crippen LogP contribution >= 0.6 is 10.9 Å². The number of carbonyl (C=O) groups is 1. The van der Waals surface area contributed by atoms with Gasteiger partial charge in [0.25, 0.3) is 0 Å². The van der Waals surface area contributed by atoms with E-state index in [4.69, 9.17) is 10.2 Å². The fraction of sp³-hybridized carbons (Fsp3) is 0.588. The first-order valence-electron chi connectivity index (χ1n) is 7.45. The standard InChI is InChI=1S/C9H10O3.C8H20S/c10-8-4-1-7(2-5-8)3-6-9(11)12;1-6-9(7-2)8(3,4)5/h1-2,4-5,10H,3,6H2,(H,11,12);9H,6-7H2,1-5H3. The van der Waals surface area contributed by atoms with Crippen molar-refractivity contribution >= 4 is 16.9 Å². The van der Waals surface area contributed by atoms with E-state index in [1.165, 1.54) is 11.5 Å². The molecule has 1 rings (SSSR count). The molecule has 0 unspecified atom stereocenters. The predicted molar refractivity (Wildman–Crippen MR) is 93.9 cm³/mol. The van der Waals surface area contributed by atoms with Crippen molar-refractivity contribution < 1.29 is 15.0 Å². The van der Waals surface area contributed by atoms with Crippen LogP contribution < -0.4 is 0 Å². The van der Waals surface area contributed by atoms with Crippen molar-refractivity contribution in [3.63, 3.8) is 0 Å². The lowest BCUT2D eigenvalue weighted by Crippen LogP contribution is -2.17. The highest BCUT2D eigenvalue weighted by atomic mass is 32.2. The van der Waals surface area contributed by atoms with E-state index in [1.54, 1.807) is 24.3 Å². The Bertz CT molecular complexity index is 403. The Hall–Kier alpha value is -1.16. The molecule has 0 fully saturated rings. The van der Waals surface area contributed by atoms with Crippen molar-refractivity contribution in [3.8, 4) is 5.75 Å². The molecular formula is C17H30O3S. The van der Waals surface area contributed by atoms with E-state index in [-0.39, 0.29) is 12.2 Å². The zero-order chi connectivity index (χ0) is 16.5. The maximum absolute atomic E-state index is 10.2. The molecule has 21 heavy (non-hydrogen) atoms. The molecule has 122 valence electrons. The number of carboxylic acid groups (broad SMARTS) is 1. The number of aryl methyl sites for hydroxylation is 1. The van der Waals surface area contributed by atoms with Crippen molar-refractivity contribution in [1.82, 2.24) is 0 Å². The molecule has 1 aromatic rings. The molecule has 0 aromatic heterocycles. The van der Waals surface area contributed by atoms with Crippen LogP contribution in [0, 0.1) is 0 Å². The van der Waals surface area contributed by atoms with E-state index in [2.05, 4.69) is 34.6 Å². The number of aromatic hydroxyl groups is 1. The molecule has 0 aliphatic heterocycles. The number of hydrogen-bond acceptors (Lipinski definition) is 2. The Morgan fingerprint density at radius 3 is 1.86 bits per heavy atom. The summed E-state index contributed by atoms with van der Waals surface area (Å²) in [4.78, 5) is 10.2. The van der Waals surface area contributed by atoms with Crippen LogP contribution in [0.3, 0.4) is 0 Å². The molecule has 0 bridgehead atoms. The summed E-state index contributed by atoms with van der Waals surface area (Å²) in [5.74, 6) is 2.17. The number of rotatable bonds is 5. The van der Waals surface area contributed by atoms with E-state index in [1.807, 2.05) is 0 Å². The normalized spacial score (nSPS) is 11.4. The summed E-state index contributed by atoms with van der Waals surface area (Å²) in [5.41, 5.74) is 0.926. The summed E-state index contributed by atoms with van der Waals surface area (Å²) in [6.07, 6.45) is 0.639. The zero-order valence-electron chi connectivity index (χ0n) is 13.9. The average Bonchev–Trinajstić information content (AvgIpc) is 2.38. The summed E-state index contributed by atoms with van der Waals surface area (Å²) in [6, 6.07) is 6.55. The summed E-state index contributed by atoms with van der Waals surface area (Å²) < 4.78 is 0.582. The van der Waals surface area contributed by atoms with Gasteiger partial charge in [0.05, 0.1) is 0 Å². The molecule has 0 aliphatic rings. The zero-order valence-corrected chi connectivity index (χ0v) is 14.8. The maximum atomic E-state index is 10.2. The van der Waals surface area contributed by atoms with Crippen molar-refractivity contribution in [2.75, 3.05) is 11.5 Å². The second kappa shape index (κ2) is 9.72. The minimum absolute atomic E-state index is 0.130. The van der Waals surface area contributed by atoms with Gasteiger partial charge < -0.3 is 10.2 Å². The highest BCUT2D eigenvalue weighted by Crippen LogP contribution is 2.39. The molecule has 1 aromatic carbocycles. The SMILES string of the molecule is CC[SH](CC)C(C)(C)C.O=C(O)CCc1ccc(O)cc1. The Balaban J connectivity index is 0.000000400. The van der Waals surface area contributed by atoms with Gasteiger partial charge in [0.1, 0.15) is 5.75 Å². The third kappa shape index (κ3) is 9.40. The van der Waals surface area contributed by atoms with Crippen LogP contribution in [-0.4, -0.2) is 32.4 Å². The maximum Gasteiger partial charge on any atom is 0.303 e. The number of carboxylic acids is 1. The predicted octanol–water partition coefficient (Wildman–Crippen LogP) is 4.24. The lowest BCUT2D eigenvalue weighted by Gasteiger charge is -2.33. The summed E-state index contributed by atoms with van der Waals surface area (Å²) in [7, 11) is 0.303. The molecule has 0 aliphatic carbocycles. The van der Waals surface area contributed by atoms with Crippen LogP contribution in [0.2, 0.25) is 0 Å². The lowest BCUT2D eigenvalue weighted by atomic mass is 10.1. The van der Waals surface area contributed by atoms with E-state index in [0.29, 0.717) is 22.1 Å². The Labute approximate surface area is 131 Å². The lowest BCUT2D eigenvalue weighted by molar-refractivity contribution is -0.136. The van der Waals surface area contributed by atoms with Crippen molar-refractivity contribution in [2.24, 2.45) is 0 Å². The molecule has 0 saturated carbocycles. The van der Waals surface area contributed by atoms with Gasteiger partial charge in [0, 0.05) is 6.42 Å². The molecule has 0 heterocycles. The Morgan fingerprint density at radius 1 is 1.10 bits per heavy atom. The van der Waals surface area contributed by atoms with Crippen LogP contribution in [0.25, 0.3) is 0 Å². The quantitative estimate of drug-likeness (QED) is 0.713. The molecule has 2 N–H and O–H groups in total. The molecule has 0 saturated heterocycles. The van der Waals surface area contributed by atoms with Crippen LogP contribution in [0.5, 0.6) is 5.75 Å². The Morgan fingerprint density at radius 2 is 1.57 bits per heavy atom. The smallest absolute Gasteiger partial charge is 0.303 e. The van der Waals surface area contributed by atoms with Gasteiger partial charge in [-0.3, -0.25) is 4.79 Å². The molecular weight excluding hydrogens is 284 g/mol. The van der Waals surface area contributed by atoms with Crippen LogP contribution in [0.4, 0.5) is 0 Å². The van der Waals surface area contributed by atoms with Gasteiger partial charge in [-0.15, -0.1) is 0 Å². The van der Waals surface area contributed by atoms with E-state index in [0.717, 1.165) is 5.56 Å². The van der Waals surface area contributed by atoms with Gasteiger partial charge in [0.2, 0.25) is 0 Å². The van der Waals surface area contributed by atoms with Gasteiger partial charge in [-0.2, -0.15) is 0 Å². The monoisotopic (exact) mass is 314 g/mol. The number of phenolic OH excluding ortho intramolecular Hbond substituents is 1. The van der Waals surface area contributed by atoms with Gasteiger partial charge >= 0.3 is 5.97 Å². The summed E-state index contributed by atoms with van der Waals surface area (Å²) in [5, 5.41) is 17.3. The number of benzene rings is 1. The van der Waals surface area contributed by atoms with Crippen LogP contribution in [-0.2, 0) is 11.2 Å². The van der Waals surface area contributed by atoms with E-state index in [9.17, 15) is 4.79 Å². The van der Waals surface area contributed by atoms with Crippen LogP contribution in [0.15, 0.2) is 24.3 Å². The third-order valence-corrected chi connectivity index (χ3v) is 6.70. The van der Waals surface area contributed by atoms with Crippen molar-refractivity contribution in [2.45, 2.75) is 52.2 Å². The molecule has 0 spiro atoms. The first-order chi connectivity index (χ1) is 9.70. The second-order valence-corrected chi connectivity index (χ2v) is 9.59. The van der Waals surface area contributed by atoms with Gasteiger partial charge in [0.15, 0.2) is 0 Å². The number of phenols is 1. The highest BCUT2D eigenvalue weighted by Gasteiger charge is 2.16. The first-order valence-corrected chi connectivity index (χ1v) is 9.16. The summed E-state index contributed by atoms with van der Waals surface area (Å²) in [6.45, 7) is 11.7. The van der Waals surface area contributed by atoms with E-state index >= 15 is 0 Å². The topological polar surface area (TPSA) is 57.5 Å². The third-order valence-electron chi connectivity index (χ3n) is 3.28. The molecule has 4 heteroatoms. The molecule has 0 radical (unpaired) electrons. The van der Waals surface area contributed by atoms with Gasteiger partial charge in [-0.25, -0.2) is 10.9 Å². The van der Waals surface area contributed by atoms with Crippen molar-refractivity contribution in [3.05, 3.63) is 29.8 Å². The number of thiol groups is 1. The first kappa shape index (κ1) is 19.8. The Kier molecular flexibility index (Phi) is 9.18. The van der Waals surface area contributed by atoms with Gasteiger partial charge in [-0.05, 0) is 40.4 Å². The highest BCUT2D eigenvalue weighted by molar-refractivity contribution is 8.18. The average molecular weight is 314 g/mol. The largest absolute Gasteiger partial charge is 0.508 e. The number of aliphatic carboxylic acids is 1. The fourth-order valence-corrected chi connectivity index (χ4v) is 4.43. The molecule has 0 atom stereocenters. The molecule has 3 nitrogen and oxygen atoms in total. The minimum Gasteiger partial charge on any atom is -0.508 e. The molecule has 0 amide bonds. The van der Waals surface area contributed by atoms with Crippen LogP contribution in [0.1, 0.15) is 46.6 Å². The van der Waals surface area contributed by atoms with Crippen molar-refractivity contribution in [1.29, 1.82) is 0 Å². The number of hydrogen-bond donors (Lipinski definition) is 3. The minimum atomic E-state index is -0.803. The fourth-order valence-electron chi connectivity index (χ4n) is 2.09. The van der Waals surface area contributed by atoms with E-state index < -0.39 is 5.97 Å². The summed E-state index contributed by atoms with van der Waals surface area (Å²) >= 11 is 0. The van der Waals surface area contributed by atoms with Gasteiger partial charge in [-0.1, -0.05) is 46.8 Å². The second-order valence-electron chi connectivity index (χ2n) is 5.90.